The standard InChI is InChI=1S/C14H23NO/c1-9(2)12-7-13(10(3)4)11(5)14(8-12)15-16-6/h11-13H,1,3,7-8H2,2,4-6H3/b15-14-/t11?,12-,13+/m0/s1. The van der Waals surface area contributed by atoms with Crippen molar-refractivity contribution >= 4 is 5.71 Å². The minimum Gasteiger partial charge on any atom is -0.399 e. The first-order chi connectivity index (χ1) is 7.47. The predicted octanol–water partition coefficient (Wildman–Crippen LogP) is 3.80. The number of nitrogens with zero attached hydrogens (tertiary/aromatic N) is 1. The lowest BCUT2D eigenvalue weighted by Gasteiger charge is -2.35. The van der Waals surface area contributed by atoms with Crippen LogP contribution in [0.5, 0.6) is 0 Å². The molecule has 16 heavy (non-hydrogen) atoms. The van der Waals surface area contributed by atoms with Crippen LogP contribution in [0.3, 0.4) is 0 Å². The Morgan fingerprint density at radius 3 is 2.38 bits per heavy atom. The largest absolute Gasteiger partial charge is 0.399 e. The minimum atomic E-state index is 0.438. The number of hydrogen-bond acceptors (Lipinski definition) is 2. The molecular formula is C14H23NO. The van der Waals surface area contributed by atoms with Crippen LogP contribution in [-0.4, -0.2) is 12.8 Å². The Balaban J connectivity index is 2.92. The van der Waals surface area contributed by atoms with Crippen molar-refractivity contribution in [3.05, 3.63) is 24.3 Å². The second-order valence-electron chi connectivity index (χ2n) is 4.99. The summed E-state index contributed by atoms with van der Waals surface area (Å²) < 4.78 is 0. The van der Waals surface area contributed by atoms with Crippen molar-refractivity contribution in [2.75, 3.05) is 7.11 Å². The van der Waals surface area contributed by atoms with E-state index in [1.165, 1.54) is 11.1 Å². The van der Waals surface area contributed by atoms with Gasteiger partial charge in [-0.2, -0.15) is 0 Å². The fraction of sp³-hybridized carbons (Fsp3) is 0.643. The van der Waals surface area contributed by atoms with Crippen LogP contribution < -0.4 is 0 Å². The SMILES string of the molecule is C=C(C)[C@@H]1C/C(=N/OC)C(C)[C@@H](C(=C)C)C1. The van der Waals surface area contributed by atoms with Gasteiger partial charge in [0, 0.05) is 5.92 Å². The van der Waals surface area contributed by atoms with E-state index in [1.807, 2.05) is 0 Å². The molecule has 2 nitrogen and oxygen atoms in total. The fourth-order valence-corrected chi connectivity index (χ4v) is 2.51. The van der Waals surface area contributed by atoms with Gasteiger partial charge in [-0.15, -0.1) is 0 Å². The first-order valence-electron chi connectivity index (χ1n) is 5.88. The molecule has 1 aliphatic rings. The zero-order valence-electron chi connectivity index (χ0n) is 10.9. The highest BCUT2D eigenvalue weighted by Crippen LogP contribution is 2.38. The van der Waals surface area contributed by atoms with Crippen molar-refractivity contribution in [2.45, 2.75) is 33.6 Å². The second-order valence-corrected chi connectivity index (χ2v) is 4.99. The molecule has 90 valence electrons. The summed E-state index contributed by atoms with van der Waals surface area (Å²) in [4.78, 5) is 4.94. The van der Waals surface area contributed by atoms with E-state index in [4.69, 9.17) is 4.84 Å². The van der Waals surface area contributed by atoms with Crippen molar-refractivity contribution in [1.29, 1.82) is 0 Å². The highest BCUT2D eigenvalue weighted by atomic mass is 16.6. The van der Waals surface area contributed by atoms with Gasteiger partial charge in [0.25, 0.3) is 0 Å². The molecule has 0 aliphatic heterocycles. The first-order valence-corrected chi connectivity index (χ1v) is 5.88. The Kier molecular flexibility index (Phi) is 4.34. The van der Waals surface area contributed by atoms with E-state index in [9.17, 15) is 0 Å². The lowest BCUT2D eigenvalue weighted by molar-refractivity contribution is 0.204. The Morgan fingerprint density at radius 2 is 1.94 bits per heavy atom. The Hall–Kier alpha value is -1.05. The van der Waals surface area contributed by atoms with Gasteiger partial charge in [-0.05, 0) is 38.5 Å². The van der Waals surface area contributed by atoms with Gasteiger partial charge in [0.15, 0.2) is 0 Å². The van der Waals surface area contributed by atoms with Crippen LogP contribution in [0, 0.1) is 17.8 Å². The Labute approximate surface area is 99.1 Å². The highest BCUT2D eigenvalue weighted by Gasteiger charge is 2.33. The van der Waals surface area contributed by atoms with E-state index in [-0.39, 0.29) is 0 Å². The number of hydrogen-bond donors (Lipinski definition) is 0. The van der Waals surface area contributed by atoms with E-state index in [1.54, 1.807) is 7.11 Å². The molecule has 0 bridgehead atoms. The third-order valence-electron chi connectivity index (χ3n) is 3.66. The van der Waals surface area contributed by atoms with Crippen LogP contribution in [0.2, 0.25) is 0 Å². The second kappa shape index (κ2) is 5.33. The van der Waals surface area contributed by atoms with Gasteiger partial charge in [0.1, 0.15) is 7.11 Å². The van der Waals surface area contributed by atoms with Crippen LogP contribution >= 0.6 is 0 Å². The maximum Gasteiger partial charge on any atom is 0.106 e. The average molecular weight is 221 g/mol. The topological polar surface area (TPSA) is 21.6 Å². The van der Waals surface area contributed by atoms with Crippen LogP contribution in [0.15, 0.2) is 29.5 Å². The molecule has 1 fully saturated rings. The van der Waals surface area contributed by atoms with Crippen molar-refractivity contribution in [3.63, 3.8) is 0 Å². The van der Waals surface area contributed by atoms with E-state index in [2.05, 4.69) is 39.1 Å². The summed E-state index contributed by atoms with van der Waals surface area (Å²) in [7, 11) is 1.61. The predicted molar refractivity (Wildman–Crippen MR) is 69.5 cm³/mol. The van der Waals surface area contributed by atoms with Crippen LogP contribution in [-0.2, 0) is 4.84 Å². The fourth-order valence-electron chi connectivity index (χ4n) is 2.51. The van der Waals surface area contributed by atoms with Crippen molar-refractivity contribution in [2.24, 2.45) is 22.9 Å². The van der Waals surface area contributed by atoms with Gasteiger partial charge in [0.05, 0.1) is 5.71 Å². The highest BCUT2D eigenvalue weighted by molar-refractivity contribution is 5.88. The molecule has 0 N–H and O–H groups in total. The molecule has 1 rings (SSSR count). The molecule has 2 heteroatoms. The lowest BCUT2D eigenvalue weighted by Crippen LogP contribution is -2.32. The van der Waals surface area contributed by atoms with Crippen molar-refractivity contribution in [1.82, 2.24) is 0 Å². The maximum absolute atomic E-state index is 4.94. The van der Waals surface area contributed by atoms with Gasteiger partial charge >= 0.3 is 0 Å². The van der Waals surface area contributed by atoms with Gasteiger partial charge in [-0.25, -0.2) is 0 Å². The third-order valence-corrected chi connectivity index (χ3v) is 3.66. The first kappa shape index (κ1) is 13.0. The lowest BCUT2D eigenvalue weighted by atomic mass is 9.69. The van der Waals surface area contributed by atoms with E-state index >= 15 is 0 Å². The van der Waals surface area contributed by atoms with Gasteiger partial charge in [0.2, 0.25) is 0 Å². The molecule has 0 amide bonds. The van der Waals surface area contributed by atoms with E-state index < -0.39 is 0 Å². The molecule has 0 spiro atoms. The maximum atomic E-state index is 4.94. The molecule has 1 aliphatic carbocycles. The number of oxime groups is 1. The van der Waals surface area contributed by atoms with E-state index in [0.717, 1.165) is 18.6 Å². The Bertz CT molecular complexity index is 317. The third kappa shape index (κ3) is 2.75. The molecule has 1 unspecified atom stereocenters. The molecule has 0 aromatic heterocycles. The van der Waals surface area contributed by atoms with Crippen molar-refractivity contribution < 1.29 is 4.84 Å². The quantitative estimate of drug-likeness (QED) is 0.524. The Morgan fingerprint density at radius 1 is 1.31 bits per heavy atom. The van der Waals surface area contributed by atoms with Crippen LogP contribution in [0.25, 0.3) is 0 Å². The molecule has 0 radical (unpaired) electrons. The zero-order valence-corrected chi connectivity index (χ0v) is 10.9. The van der Waals surface area contributed by atoms with Gasteiger partial charge < -0.3 is 4.84 Å². The summed E-state index contributed by atoms with van der Waals surface area (Å²) in [6, 6.07) is 0. The molecular weight excluding hydrogens is 198 g/mol. The molecule has 3 atom stereocenters. The number of rotatable bonds is 3. The van der Waals surface area contributed by atoms with Gasteiger partial charge in [-0.3, -0.25) is 0 Å². The summed E-state index contributed by atoms with van der Waals surface area (Å²) in [5, 5.41) is 4.16. The summed E-state index contributed by atoms with van der Waals surface area (Å²) in [5.74, 6) is 1.46. The minimum absolute atomic E-state index is 0.438. The molecule has 0 aromatic rings. The molecule has 0 aromatic carbocycles. The summed E-state index contributed by atoms with van der Waals surface area (Å²) in [6.45, 7) is 14.6. The smallest absolute Gasteiger partial charge is 0.106 e. The van der Waals surface area contributed by atoms with Crippen LogP contribution in [0.1, 0.15) is 33.6 Å². The zero-order chi connectivity index (χ0) is 12.3. The van der Waals surface area contributed by atoms with Gasteiger partial charge in [-0.1, -0.05) is 36.4 Å². The normalized spacial score (nSPS) is 32.5. The molecule has 0 saturated heterocycles. The average Bonchev–Trinajstić information content (AvgIpc) is 2.20. The van der Waals surface area contributed by atoms with Crippen molar-refractivity contribution in [3.8, 4) is 0 Å². The van der Waals surface area contributed by atoms with E-state index in [0.29, 0.717) is 17.8 Å². The molecule has 1 saturated carbocycles. The molecule has 0 heterocycles. The van der Waals surface area contributed by atoms with Crippen LogP contribution in [0.4, 0.5) is 0 Å². The summed E-state index contributed by atoms with van der Waals surface area (Å²) >= 11 is 0. The monoisotopic (exact) mass is 221 g/mol. The number of allylic oxidation sites excluding steroid dienone is 2. The summed E-state index contributed by atoms with van der Waals surface area (Å²) in [6.07, 6.45) is 2.13. The summed E-state index contributed by atoms with van der Waals surface area (Å²) in [5.41, 5.74) is 3.62.